The lowest BCUT2D eigenvalue weighted by Gasteiger charge is -2.26. The molecular weight excluding hydrogens is 271 g/mol. The Bertz CT molecular complexity index is 394. The molecule has 0 atom stereocenters. The average Bonchev–Trinajstić information content (AvgIpc) is 2.27. The zero-order chi connectivity index (χ0) is 12.9. The second-order valence-electron chi connectivity index (χ2n) is 4.68. The fraction of sp³-hybridized carbons (Fsp3) is 0.462. The molecule has 1 rings (SSSR count). The molecule has 0 saturated heterocycles. The summed E-state index contributed by atoms with van der Waals surface area (Å²) >= 11 is 6.15. The predicted octanol–water partition coefficient (Wildman–Crippen LogP) is 2.50. The first kappa shape index (κ1) is 17.2. The van der Waals surface area contributed by atoms with E-state index in [9.17, 15) is 4.79 Å². The molecule has 0 saturated carbocycles. The summed E-state index contributed by atoms with van der Waals surface area (Å²) in [5.74, 6) is -0.0207. The Balaban J connectivity index is 0.00000289. The third-order valence-electron chi connectivity index (χ3n) is 2.70. The fourth-order valence-corrected chi connectivity index (χ4v) is 2.04. The van der Waals surface area contributed by atoms with Crippen molar-refractivity contribution >= 4 is 29.9 Å². The van der Waals surface area contributed by atoms with Crippen molar-refractivity contribution in [2.75, 3.05) is 13.1 Å². The lowest BCUT2D eigenvalue weighted by atomic mass is 9.84. The zero-order valence-corrected chi connectivity index (χ0v) is 12.3. The summed E-state index contributed by atoms with van der Waals surface area (Å²) in [5, 5.41) is 3.60. The summed E-state index contributed by atoms with van der Waals surface area (Å²) in [6.45, 7) is 5.03. The zero-order valence-electron chi connectivity index (χ0n) is 10.7. The van der Waals surface area contributed by atoms with E-state index in [2.05, 4.69) is 19.2 Å². The van der Waals surface area contributed by atoms with Crippen LogP contribution in [0.1, 0.15) is 25.8 Å². The van der Waals surface area contributed by atoms with Crippen molar-refractivity contribution in [3.8, 4) is 0 Å². The fourth-order valence-electron chi connectivity index (χ4n) is 1.64. The SMILES string of the molecule is CC(C)(CNC(=O)CCN)c1ccccc1Cl.Cl. The van der Waals surface area contributed by atoms with E-state index in [1.54, 1.807) is 0 Å². The van der Waals surface area contributed by atoms with E-state index in [-0.39, 0.29) is 23.7 Å². The molecule has 1 aromatic carbocycles. The van der Waals surface area contributed by atoms with Crippen LogP contribution in [0.3, 0.4) is 0 Å². The summed E-state index contributed by atoms with van der Waals surface area (Å²) in [4.78, 5) is 11.4. The number of nitrogens with one attached hydrogen (secondary N) is 1. The number of hydrogen-bond acceptors (Lipinski definition) is 2. The minimum atomic E-state index is -0.192. The molecule has 0 unspecified atom stereocenters. The number of benzene rings is 1. The monoisotopic (exact) mass is 290 g/mol. The molecule has 18 heavy (non-hydrogen) atoms. The first-order valence-electron chi connectivity index (χ1n) is 5.69. The van der Waals surface area contributed by atoms with Crippen LogP contribution in [0.5, 0.6) is 0 Å². The summed E-state index contributed by atoms with van der Waals surface area (Å²) in [7, 11) is 0. The van der Waals surface area contributed by atoms with E-state index in [4.69, 9.17) is 17.3 Å². The van der Waals surface area contributed by atoms with Gasteiger partial charge in [-0.3, -0.25) is 4.79 Å². The summed E-state index contributed by atoms with van der Waals surface area (Å²) in [6.07, 6.45) is 0.360. The third-order valence-corrected chi connectivity index (χ3v) is 3.03. The Morgan fingerprint density at radius 3 is 2.56 bits per heavy atom. The number of halogens is 2. The number of carbonyl (C=O) groups excluding carboxylic acids is 1. The highest BCUT2D eigenvalue weighted by Gasteiger charge is 2.23. The van der Waals surface area contributed by atoms with Crippen molar-refractivity contribution in [3.63, 3.8) is 0 Å². The van der Waals surface area contributed by atoms with Gasteiger partial charge in [-0.15, -0.1) is 12.4 Å². The average molecular weight is 291 g/mol. The molecule has 102 valence electrons. The van der Waals surface area contributed by atoms with Crippen LogP contribution in [-0.2, 0) is 10.2 Å². The van der Waals surface area contributed by atoms with Crippen molar-refractivity contribution in [2.45, 2.75) is 25.7 Å². The molecule has 0 aliphatic carbocycles. The smallest absolute Gasteiger partial charge is 0.221 e. The number of hydrogen-bond donors (Lipinski definition) is 2. The van der Waals surface area contributed by atoms with Crippen molar-refractivity contribution in [1.82, 2.24) is 5.32 Å². The highest BCUT2D eigenvalue weighted by Crippen LogP contribution is 2.28. The van der Waals surface area contributed by atoms with Crippen molar-refractivity contribution in [3.05, 3.63) is 34.9 Å². The molecule has 3 nitrogen and oxygen atoms in total. The minimum absolute atomic E-state index is 0. The van der Waals surface area contributed by atoms with Gasteiger partial charge in [0.25, 0.3) is 0 Å². The highest BCUT2D eigenvalue weighted by atomic mass is 35.5. The van der Waals surface area contributed by atoms with E-state index in [0.29, 0.717) is 19.5 Å². The molecule has 5 heteroatoms. The minimum Gasteiger partial charge on any atom is -0.355 e. The molecule has 1 amide bonds. The number of carbonyl (C=O) groups is 1. The Kier molecular flexibility index (Phi) is 7.29. The maximum absolute atomic E-state index is 11.4. The number of amides is 1. The Morgan fingerprint density at radius 1 is 1.39 bits per heavy atom. The highest BCUT2D eigenvalue weighted by molar-refractivity contribution is 6.31. The van der Waals surface area contributed by atoms with Crippen molar-refractivity contribution < 1.29 is 4.79 Å². The first-order chi connectivity index (χ1) is 7.97. The number of nitrogens with two attached hydrogens (primary N) is 1. The molecule has 1 aromatic rings. The van der Waals surface area contributed by atoms with Gasteiger partial charge < -0.3 is 11.1 Å². The summed E-state index contributed by atoms with van der Waals surface area (Å²) < 4.78 is 0. The van der Waals surface area contributed by atoms with Gasteiger partial charge in [0.15, 0.2) is 0 Å². The topological polar surface area (TPSA) is 55.1 Å². The largest absolute Gasteiger partial charge is 0.355 e. The summed E-state index contributed by atoms with van der Waals surface area (Å²) in [6, 6.07) is 7.69. The molecule has 0 fully saturated rings. The van der Waals surface area contributed by atoms with Gasteiger partial charge in [-0.05, 0) is 11.6 Å². The van der Waals surface area contributed by atoms with Gasteiger partial charge in [-0.2, -0.15) is 0 Å². The Hall–Kier alpha value is -0.770. The molecule has 0 spiro atoms. The Morgan fingerprint density at radius 2 is 2.00 bits per heavy atom. The normalized spacial score (nSPS) is 10.7. The number of rotatable bonds is 5. The molecule has 0 aromatic heterocycles. The molecule has 0 aliphatic rings. The van der Waals surface area contributed by atoms with Gasteiger partial charge in [-0.25, -0.2) is 0 Å². The maximum atomic E-state index is 11.4. The standard InChI is InChI=1S/C13H19ClN2O.ClH/c1-13(2,9-16-12(17)7-8-15)10-5-3-4-6-11(10)14;/h3-6H,7-9,15H2,1-2H3,(H,16,17);1H. The van der Waals surface area contributed by atoms with E-state index < -0.39 is 0 Å². The predicted molar refractivity (Wildman–Crippen MR) is 78.4 cm³/mol. The van der Waals surface area contributed by atoms with Crippen LogP contribution in [0, 0.1) is 0 Å². The third kappa shape index (κ3) is 4.84. The Labute approximate surface area is 119 Å². The van der Waals surface area contributed by atoms with Crippen LogP contribution in [0.4, 0.5) is 0 Å². The molecular formula is C13H20Cl2N2O. The van der Waals surface area contributed by atoms with Gasteiger partial charge in [0, 0.05) is 29.9 Å². The molecule has 0 radical (unpaired) electrons. The van der Waals surface area contributed by atoms with Crippen molar-refractivity contribution in [2.24, 2.45) is 5.73 Å². The molecule has 0 bridgehead atoms. The maximum Gasteiger partial charge on any atom is 0.221 e. The second-order valence-corrected chi connectivity index (χ2v) is 5.09. The van der Waals surface area contributed by atoms with Crippen LogP contribution in [-0.4, -0.2) is 19.0 Å². The van der Waals surface area contributed by atoms with E-state index >= 15 is 0 Å². The van der Waals surface area contributed by atoms with Gasteiger partial charge in [0.05, 0.1) is 0 Å². The second kappa shape index (κ2) is 7.62. The van der Waals surface area contributed by atoms with Crippen LogP contribution in [0.15, 0.2) is 24.3 Å². The van der Waals surface area contributed by atoms with Gasteiger partial charge >= 0.3 is 0 Å². The van der Waals surface area contributed by atoms with E-state index in [1.165, 1.54) is 0 Å². The molecule has 0 aliphatic heterocycles. The van der Waals surface area contributed by atoms with E-state index in [1.807, 2.05) is 24.3 Å². The molecule has 0 heterocycles. The lowest BCUT2D eigenvalue weighted by Crippen LogP contribution is -2.37. The van der Waals surface area contributed by atoms with Crippen molar-refractivity contribution in [1.29, 1.82) is 0 Å². The quantitative estimate of drug-likeness (QED) is 0.875. The van der Waals surface area contributed by atoms with Gasteiger partial charge in [0.1, 0.15) is 0 Å². The first-order valence-corrected chi connectivity index (χ1v) is 6.07. The van der Waals surface area contributed by atoms with Gasteiger partial charge in [0.2, 0.25) is 5.91 Å². The lowest BCUT2D eigenvalue weighted by molar-refractivity contribution is -0.121. The summed E-state index contributed by atoms with van der Waals surface area (Å²) in [5.41, 5.74) is 6.17. The van der Waals surface area contributed by atoms with Crippen LogP contribution in [0.2, 0.25) is 5.02 Å². The van der Waals surface area contributed by atoms with Crippen LogP contribution >= 0.6 is 24.0 Å². The van der Waals surface area contributed by atoms with E-state index in [0.717, 1.165) is 10.6 Å². The van der Waals surface area contributed by atoms with Crippen LogP contribution < -0.4 is 11.1 Å². The molecule has 3 N–H and O–H groups in total. The van der Waals surface area contributed by atoms with Gasteiger partial charge in [-0.1, -0.05) is 43.6 Å². The van der Waals surface area contributed by atoms with Crippen LogP contribution in [0.25, 0.3) is 0 Å².